The molecule has 1 heterocycles. The highest BCUT2D eigenvalue weighted by Crippen LogP contribution is 2.36. The van der Waals surface area contributed by atoms with Gasteiger partial charge in [-0.1, -0.05) is 78.9 Å². The second-order valence-electron chi connectivity index (χ2n) is 8.27. The molecule has 1 amide bonds. The summed E-state index contributed by atoms with van der Waals surface area (Å²) in [7, 11) is 0. The minimum atomic E-state index is -1.31. The number of likely N-dealkylation sites (tertiary alicyclic amines) is 1. The first-order chi connectivity index (χ1) is 16.0. The molecule has 0 aliphatic carbocycles. The van der Waals surface area contributed by atoms with E-state index in [2.05, 4.69) is 5.32 Å². The van der Waals surface area contributed by atoms with Gasteiger partial charge in [0.1, 0.15) is 6.17 Å². The number of nitro groups is 1. The molecule has 1 saturated heterocycles. The van der Waals surface area contributed by atoms with E-state index >= 15 is 4.39 Å². The molecule has 1 fully saturated rings. The molecule has 0 spiro atoms. The fourth-order valence-electron chi connectivity index (χ4n) is 4.48. The Balaban J connectivity index is 1.55. The molecule has 0 aromatic heterocycles. The third kappa shape index (κ3) is 5.26. The average molecular weight is 448 g/mol. The lowest BCUT2D eigenvalue weighted by Gasteiger charge is -2.41. The van der Waals surface area contributed by atoms with E-state index in [1.54, 1.807) is 29.2 Å². The van der Waals surface area contributed by atoms with Gasteiger partial charge in [-0.2, -0.15) is 0 Å². The maximum atomic E-state index is 15.4. The van der Waals surface area contributed by atoms with Crippen LogP contribution in [-0.2, 0) is 0 Å². The normalized spacial score (nSPS) is 21.0. The SMILES string of the molecule is O=C(NCC1CC([N+](=O)[O-])N(C(c2ccccc2)c2ccccc2)CC1F)c1ccccc1. The van der Waals surface area contributed by atoms with Crippen LogP contribution in [0.3, 0.4) is 0 Å². The number of halogens is 1. The number of nitrogens with one attached hydrogen (secondary N) is 1. The third-order valence-corrected chi connectivity index (χ3v) is 6.16. The molecule has 7 heteroatoms. The van der Waals surface area contributed by atoms with Crippen molar-refractivity contribution in [2.75, 3.05) is 13.1 Å². The van der Waals surface area contributed by atoms with Crippen LogP contribution in [0.4, 0.5) is 4.39 Å². The topological polar surface area (TPSA) is 75.5 Å². The lowest BCUT2D eigenvalue weighted by Crippen LogP contribution is -2.55. The number of carbonyl (C=O) groups excluding carboxylic acids is 1. The van der Waals surface area contributed by atoms with Gasteiger partial charge in [0, 0.05) is 35.9 Å². The van der Waals surface area contributed by atoms with Crippen molar-refractivity contribution in [3.63, 3.8) is 0 Å². The average Bonchev–Trinajstić information content (AvgIpc) is 2.85. The number of benzene rings is 3. The molecule has 3 atom stereocenters. The largest absolute Gasteiger partial charge is 0.352 e. The Bertz CT molecular complexity index is 1030. The quantitative estimate of drug-likeness (QED) is 0.428. The van der Waals surface area contributed by atoms with Crippen molar-refractivity contribution in [2.45, 2.75) is 24.8 Å². The van der Waals surface area contributed by atoms with E-state index in [0.717, 1.165) is 11.1 Å². The highest BCUT2D eigenvalue weighted by molar-refractivity contribution is 5.94. The van der Waals surface area contributed by atoms with Crippen LogP contribution in [-0.4, -0.2) is 41.2 Å². The van der Waals surface area contributed by atoms with E-state index in [0.29, 0.717) is 5.56 Å². The zero-order valence-electron chi connectivity index (χ0n) is 18.1. The zero-order chi connectivity index (χ0) is 23.2. The Hall–Kier alpha value is -3.58. The maximum Gasteiger partial charge on any atom is 0.269 e. The molecule has 1 N–H and O–H groups in total. The fourth-order valence-corrected chi connectivity index (χ4v) is 4.48. The molecule has 3 aromatic rings. The first-order valence-corrected chi connectivity index (χ1v) is 11.0. The summed E-state index contributed by atoms with van der Waals surface area (Å²) in [5.74, 6) is -0.953. The van der Waals surface area contributed by atoms with Crippen LogP contribution in [0.5, 0.6) is 0 Å². The van der Waals surface area contributed by atoms with E-state index in [1.807, 2.05) is 66.7 Å². The number of nitrogens with zero attached hydrogens (tertiary/aromatic N) is 2. The summed E-state index contributed by atoms with van der Waals surface area (Å²) in [5.41, 5.74) is 2.22. The zero-order valence-corrected chi connectivity index (χ0v) is 18.1. The summed E-state index contributed by atoms with van der Waals surface area (Å²) in [6.45, 7) is -0.0413. The molecule has 0 bridgehead atoms. The Kier molecular flexibility index (Phi) is 7.10. The van der Waals surface area contributed by atoms with Crippen molar-refractivity contribution >= 4 is 5.91 Å². The van der Waals surface area contributed by atoms with Crippen LogP contribution >= 0.6 is 0 Å². The molecular formula is C26H26FN3O3. The van der Waals surface area contributed by atoms with Gasteiger partial charge >= 0.3 is 0 Å². The number of hydrogen-bond acceptors (Lipinski definition) is 4. The van der Waals surface area contributed by atoms with Crippen LogP contribution in [0.1, 0.15) is 33.9 Å². The highest BCUT2D eigenvalue weighted by Gasteiger charge is 2.45. The summed E-state index contributed by atoms with van der Waals surface area (Å²) in [6.07, 6.45) is -2.37. The molecular weight excluding hydrogens is 421 g/mol. The van der Waals surface area contributed by atoms with Crippen LogP contribution in [0, 0.1) is 16.0 Å². The van der Waals surface area contributed by atoms with Gasteiger partial charge in [-0.15, -0.1) is 0 Å². The Labute approximate surface area is 192 Å². The van der Waals surface area contributed by atoms with Crippen molar-refractivity contribution in [1.29, 1.82) is 0 Å². The van der Waals surface area contributed by atoms with Crippen LogP contribution in [0.2, 0.25) is 0 Å². The summed E-state index contributed by atoms with van der Waals surface area (Å²) in [4.78, 5) is 25.8. The second-order valence-corrected chi connectivity index (χ2v) is 8.27. The summed E-state index contributed by atoms with van der Waals surface area (Å²) >= 11 is 0. The summed E-state index contributed by atoms with van der Waals surface area (Å²) < 4.78 is 15.4. The van der Waals surface area contributed by atoms with Crippen LogP contribution < -0.4 is 5.32 Å². The van der Waals surface area contributed by atoms with Crippen molar-refractivity contribution in [1.82, 2.24) is 10.2 Å². The Morgan fingerprint density at radius 2 is 1.48 bits per heavy atom. The molecule has 1 aliphatic rings. The molecule has 0 radical (unpaired) electrons. The van der Waals surface area contributed by atoms with Crippen LogP contribution in [0.15, 0.2) is 91.0 Å². The molecule has 3 aromatic carbocycles. The monoisotopic (exact) mass is 447 g/mol. The molecule has 170 valence electrons. The number of hydrogen-bond donors (Lipinski definition) is 1. The van der Waals surface area contributed by atoms with Gasteiger partial charge in [0.05, 0.1) is 6.04 Å². The number of piperidine rings is 1. The smallest absolute Gasteiger partial charge is 0.269 e. The predicted octanol–water partition coefficient (Wildman–Crippen LogP) is 4.47. The van der Waals surface area contributed by atoms with Crippen molar-refractivity contribution in [3.05, 3.63) is 118 Å². The number of rotatable bonds is 7. The third-order valence-electron chi connectivity index (χ3n) is 6.16. The Morgan fingerprint density at radius 1 is 0.970 bits per heavy atom. The maximum absolute atomic E-state index is 15.4. The standard InChI is InChI=1S/C26H26FN3O3/c27-23-18-29(25(19-10-4-1-5-11-19)20-12-6-2-7-13-20)24(30(32)33)16-22(23)17-28-26(31)21-14-8-3-9-15-21/h1-15,22-25H,16-18H2,(H,28,31). The van der Waals surface area contributed by atoms with Gasteiger partial charge in [-0.25, -0.2) is 9.29 Å². The number of carbonyl (C=O) groups is 1. The lowest BCUT2D eigenvalue weighted by molar-refractivity contribution is -0.559. The van der Waals surface area contributed by atoms with E-state index in [9.17, 15) is 14.9 Å². The van der Waals surface area contributed by atoms with Gasteiger partial charge < -0.3 is 5.32 Å². The second kappa shape index (κ2) is 10.4. The van der Waals surface area contributed by atoms with Crippen LogP contribution in [0.25, 0.3) is 0 Å². The fraction of sp³-hybridized carbons (Fsp3) is 0.269. The molecule has 6 nitrogen and oxygen atoms in total. The van der Waals surface area contributed by atoms with E-state index in [4.69, 9.17) is 0 Å². The molecule has 0 saturated carbocycles. The predicted molar refractivity (Wildman–Crippen MR) is 124 cm³/mol. The van der Waals surface area contributed by atoms with Crippen molar-refractivity contribution in [2.24, 2.45) is 5.92 Å². The Morgan fingerprint density at radius 3 is 2.00 bits per heavy atom. The lowest BCUT2D eigenvalue weighted by atomic mass is 9.88. The van der Waals surface area contributed by atoms with Crippen molar-refractivity contribution in [3.8, 4) is 0 Å². The molecule has 33 heavy (non-hydrogen) atoms. The first-order valence-electron chi connectivity index (χ1n) is 11.0. The minimum absolute atomic E-state index is 0.0133. The van der Waals surface area contributed by atoms with Gasteiger partial charge in [0.15, 0.2) is 0 Å². The minimum Gasteiger partial charge on any atom is -0.352 e. The first kappa shape index (κ1) is 22.6. The van der Waals surface area contributed by atoms with Crippen molar-refractivity contribution < 1.29 is 14.1 Å². The van der Waals surface area contributed by atoms with Gasteiger partial charge in [0.2, 0.25) is 0 Å². The highest BCUT2D eigenvalue weighted by atomic mass is 19.1. The van der Waals surface area contributed by atoms with E-state index in [-0.39, 0.29) is 30.3 Å². The number of alkyl halides is 1. The summed E-state index contributed by atoms with van der Waals surface area (Å²) in [5, 5.41) is 14.8. The van der Waals surface area contributed by atoms with Gasteiger partial charge in [0.25, 0.3) is 12.1 Å². The molecule has 4 rings (SSSR count). The molecule has 1 aliphatic heterocycles. The number of amides is 1. The molecule has 3 unspecified atom stereocenters. The summed E-state index contributed by atoms with van der Waals surface area (Å²) in [6, 6.07) is 27.2. The van der Waals surface area contributed by atoms with Gasteiger partial charge in [-0.05, 0) is 23.3 Å². The van der Waals surface area contributed by atoms with Gasteiger partial charge in [-0.3, -0.25) is 14.9 Å². The van der Waals surface area contributed by atoms with E-state index < -0.39 is 24.3 Å². The van der Waals surface area contributed by atoms with E-state index in [1.165, 1.54) is 0 Å².